The van der Waals surface area contributed by atoms with Crippen molar-refractivity contribution in [3.05, 3.63) is 54.1 Å². The Morgan fingerprint density at radius 2 is 1.73 bits per heavy atom. The van der Waals surface area contributed by atoms with Crippen LogP contribution < -0.4 is 25.4 Å². The number of ether oxygens (including phenoxy) is 2. The summed E-state index contributed by atoms with van der Waals surface area (Å²) < 4.78 is 34.3. The van der Waals surface area contributed by atoms with E-state index < -0.39 is 18.7 Å². The predicted molar refractivity (Wildman–Crippen MR) is 109 cm³/mol. The number of carbonyl (C=O) groups excluding carboxylic acids is 2. The van der Waals surface area contributed by atoms with E-state index in [-0.39, 0.29) is 29.9 Å². The topological polar surface area (TPSA) is 88.7 Å². The number of para-hydroxylation sites is 1. The van der Waals surface area contributed by atoms with E-state index in [4.69, 9.17) is 4.74 Å². The zero-order valence-corrected chi connectivity index (χ0v) is 16.9. The quantitative estimate of drug-likeness (QED) is 0.575. The first-order valence-corrected chi connectivity index (χ1v) is 9.32. The monoisotopic (exact) mass is 421 g/mol. The molecule has 0 heterocycles. The van der Waals surface area contributed by atoms with Crippen LogP contribution in [-0.2, 0) is 11.3 Å². The van der Waals surface area contributed by atoms with E-state index in [1.165, 1.54) is 19.2 Å². The maximum atomic E-state index is 12.6. The third-order valence-corrected chi connectivity index (χ3v) is 4.18. The molecule has 2 aromatic carbocycles. The van der Waals surface area contributed by atoms with Crippen molar-refractivity contribution in [3.8, 4) is 11.5 Å². The molecule has 0 aliphatic carbocycles. The second-order valence-corrected chi connectivity index (χ2v) is 6.77. The van der Waals surface area contributed by atoms with Crippen LogP contribution in [0.4, 0.5) is 19.3 Å². The lowest BCUT2D eigenvalue weighted by Crippen LogP contribution is -2.50. The fourth-order valence-corrected chi connectivity index (χ4v) is 2.68. The van der Waals surface area contributed by atoms with E-state index >= 15 is 0 Å². The number of methoxy groups -OCH3 is 1. The smallest absolute Gasteiger partial charge is 0.387 e. The number of anilines is 1. The molecule has 0 radical (unpaired) electrons. The third kappa shape index (κ3) is 6.91. The molecule has 30 heavy (non-hydrogen) atoms. The van der Waals surface area contributed by atoms with Crippen LogP contribution in [0.2, 0.25) is 0 Å². The van der Waals surface area contributed by atoms with Crippen molar-refractivity contribution in [2.75, 3.05) is 12.4 Å². The normalized spacial score (nSPS) is 11.7. The van der Waals surface area contributed by atoms with E-state index in [0.717, 1.165) is 0 Å². The second-order valence-electron chi connectivity index (χ2n) is 6.77. The van der Waals surface area contributed by atoms with Gasteiger partial charge in [0.2, 0.25) is 5.91 Å². The van der Waals surface area contributed by atoms with Crippen LogP contribution in [-0.4, -0.2) is 31.7 Å². The minimum absolute atomic E-state index is 0.0955. The number of halogens is 2. The molecule has 0 spiro atoms. The number of urea groups is 1. The van der Waals surface area contributed by atoms with Crippen molar-refractivity contribution in [1.29, 1.82) is 0 Å². The van der Waals surface area contributed by atoms with Crippen LogP contribution in [0, 0.1) is 5.92 Å². The molecule has 3 N–H and O–H groups in total. The Kier molecular flexibility index (Phi) is 8.40. The lowest BCUT2D eigenvalue weighted by molar-refractivity contribution is -0.124. The number of hydrogen-bond donors (Lipinski definition) is 3. The summed E-state index contributed by atoms with van der Waals surface area (Å²) in [4.78, 5) is 24.8. The largest absolute Gasteiger partial charge is 0.493 e. The first-order valence-electron chi connectivity index (χ1n) is 9.32. The molecule has 0 aromatic heterocycles. The molecular formula is C21H25F2N3O4. The highest BCUT2D eigenvalue weighted by molar-refractivity contribution is 5.93. The molecule has 0 saturated heterocycles. The second kappa shape index (κ2) is 11.0. The van der Waals surface area contributed by atoms with E-state index in [2.05, 4.69) is 20.7 Å². The van der Waals surface area contributed by atoms with Gasteiger partial charge in [-0.25, -0.2) is 4.79 Å². The number of carbonyl (C=O) groups is 2. The third-order valence-electron chi connectivity index (χ3n) is 4.18. The van der Waals surface area contributed by atoms with Crippen molar-refractivity contribution in [2.45, 2.75) is 33.0 Å². The molecule has 162 valence electrons. The summed E-state index contributed by atoms with van der Waals surface area (Å²) in [6.45, 7) is 0.776. The van der Waals surface area contributed by atoms with Crippen LogP contribution in [0.25, 0.3) is 0 Å². The van der Waals surface area contributed by atoms with E-state index in [1.54, 1.807) is 30.3 Å². The minimum Gasteiger partial charge on any atom is -0.493 e. The minimum atomic E-state index is -2.97. The van der Waals surface area contributed by atoms with Crippen LogP contribution in [0.1, 0.15) is 19.4 Å². The standard InChI is InChI=1S/C21H25F2N3O4/c1-13(2)18(26-21(28)25-15-7-5-4-6-8-15)19(27)24-12-14-9-10-16(30-20(22)23)17(11-14)29-3/h4-11,13,18,20H,12H2,1-3H3,(H,24,27)(H2,25,26,28). The van der Waals surface area contributed by atoms with Gasteiger partial charge in [-0.15, -0.1) is 0 Å². The zero-order valence-electron chi connectivity index (χ0n) is 16.9. The molecule has 3 amide bonds. The Morgan fingerprint density at radius 3 is 2.33 bits per heavy atom. The van der Waals surface area contributed by atoms with Gasteiger partial charge in [0.25, 0.3) is 0 Å². The average Bonchev–Trinajstić information content (AvgIpc) is 2.71. The van der Waals surface area contributed by atoms with E-state index in [1.807, 2.05) is 19.9 Å². The summed E-state index contributed by atoms with van der Waals surface area (Å²) in [5.41, 5.74) is 1.23. The fraction of sp³-hybridized carbons (Fsp3) is 0.333. The molecule has 0 bridgehead atoms. The molecule has 0 saturated carbocycles. The van der Waals surface area contributed by atoms with Gasteiger partial charge in [0.15, 0.2) is 11.5 Å². The van der Waals surface area contributed by atoms with Crippen molar-refractivity contribution >= 4 is 17.6 Å². The van der Waals surface area contributed by atoms with Crippen LogP contribution in [0.3, 0.4) is 0 Å². The van der Waals surface area contributed by atoms with Crippen molar-refractivity contribution in [3.63, 3.8) is 0 Å². The highest BCUT2D eigenvalue weighted by Crippen LogP contribution is 2.29. The maximum Gasteiger partial charge on any atom is 0.387 e. The van der Waals surface area contributed by atoms with Gasteiger partial charge in [0.1, 0.15) is 6.04 Å². The van der Waals surface area contributed by atoms with Crippen molar-refractivity contribution in [1.82, 2.24) is 10.6 Å². The number of alkyl halides is 2. The lowest BCUT2D eigenvalue weighted by Gasteiger charge is -2.22. The van der Waals surface area contributed by atoms with E-state index in [0.29, 0.717) is 11.3 Å². The Labute approximate surface area is 173 Å². The van der Waals surface area contributed by atoms with Crippen LogP contribution in [0.5, 0.6) is 11.5 Å². The summed E-state index contributed by atoms with van der Waals surface area (Å²) in [6, 6.07) is 12.0. The molecule has 0 aliphatic heterocycles. The molecule has 1 unspecified atom stereocenters. The van der Waals surface area contributed by atoms with Crippen LogP contribution >= 0.6 is 0 Å². The number of benzene rings is 2. The van der Waals surface area contributed by atoms with Crippen molar-refractivity contribution in [2.24, 2.45) is 5.92 Å². The van der Waals surface area contributed by atoms with Gasteiger partial charge < -0.3 is 25.4 Å². The molecule has 0 fully saturated rings. The lowest BCUT2D eigenvalue weighted by atomic mass is 10.0. The molecule has 7 nitrogen and oxygen atoms in total. The Balaban J connectivity index is 1.97. The van der Waals surface area contributed by atoms with Gasteiger partial charge in [-0.3, -0.25) is 4.79 Å². The summed E-state index contributed by atoms with van der Waals surface area (Å²) in [5, 5.41) is 8.07. The molecule has 2 aromatic rings. The molecule has 9 heteroatoms. The van der Waals surface area contributed by atoms with Gasteiger partial charge in [-0.05, 0) is 35.7 Å². The van der Waals surface area contributed by atoms with Crippen molar-refractivity contribution < 1.29 is 27.8 Å². The summed E-state index contributed by atoms with van der Waals surface area (Å²) in [7, 11) is 1.33. The van der Waals surface area contributed by atoms with Gasteiger partial charge in [-0.2, -0.15) is 8.78 Å². The summed E-state index contributed by atoms with van der Waals surface area (Å²) in [5.74, 6) is -0.507. The first-order chi connectivity index (χ1) is 14.3. The van der Waals surface area contributed by atoms with E-state index in [9.17, 15) is 18.4 Å². The Morgan fingerprint density at radius 1 is 1.03 bits per heavy atom. The number of nitrogens with one attached hydrogen (secondary N) is 3. The molecule has 1 atom stereocenters. The average molecular weight is 421 g/mol. The Bertz CT molecular complexity index is 847. The number of hydrogen-bond acceptors (Lipinski definition) is 4. The Hall–Kier alpha value is -3.36. The summed E-state index contributed by atoms with van der Waals surface area (Å²) in [6.07, 6.45) is 0. The van der Waals surface area contributed by atoms with Gasteiger partial charge in [-0.1, -0.05) is 38.1 Å². The van der Waals surface area contributed by atoms with Gasteiger partial charge in [0, 0.05) is 12.2 Å². The number of rotatable bonds is 9. The number of amides is 3. The van der Waals surface area contributed by atoms with Gasteiger partial charge >= 0.3 is 12.6 Å². The highest BCUT2D eigenvalue weighted by atomic mass is 19.3. The molecule has 2 rings (SSSR count). The first kappa shape index (κ1) is 22.9. The predicted octanol–water partition coefficient (Wildman–Crippen LogP) is 3.76. The highest BCUT2D eigenvalue weighted by Gasteiger charge is 2.24. The van der Waals surface area contributed by atoms with Crippen LogP contribution in [0.15, 0.2) is 48.5 Å². The maximum absolute atomic E-state index is 12.6. The molecule has 0 aliphatic rings. The summed E-state index contributed by atoms with van der Waals surface area (Å²) >= 11 is 0. The SMILES string of the molecule is COc1cc(CNC(=O)C(NC(=O)Nc2ccccc2)C(C)C)ccc1OC(F)F. The molecular weight excluding hydrogens is 396 g/mol. The zero-order chi connectivity index (χ0) is 22.1. The van der Waals surface area contributed by atoms with Gasteiger partial charge in [0.05, 0.1) is 7.11 Å². The fourth-order valence-electron chi connectivity index (χ4n) is 2.68.